The number of rotatable bonds is 6. The van der Waals surface area contributed by atoms with Crippen LogP contribution in [0.2, 0.25) is 0 Å². The highest BCUT2D eigenvalue weighted by molar-refractivity contribution is 5.05. The van der Waals surface area contributed by atoms with Crippen molar-refractivity contribution in [2.45, 2.75) is 58.0 Å². The normalized spacial score (nSPS) is 27.9. The Hall–Kier alpha value is -0.870. The molecule has 0 spiro atoms. The molecule has 4 heteroatoms. The minimum absolute atomic E-state index is 0.277. The summed E-state index contributed by atoms with van der Waals surface area (Å²) in [6, 6.07) is 0.691. The van der Waals surface area contributed by atoms with Crippen molar-refractivity contribution in [3.63, 3.8) is 0 Å². The van der Waals surface area contributed by atoms with E-state index in [9.17, 15) is 0 Å². The van der Waals surface area contributed by atoms with E-state index in [1.807, 2.05) is 17.9 Å². The Morgan fingerprint density at radius 2 is 2.25 bits per heavy atom. The summed E-state index contributed by atoms with van der Waals surface area (Å²) in [5, 5.41) is 8.02. The average Bonchev–Trinajstić information content (AvgIpc) is 2.85. The molecule has 1 aliphatic heterocycles. The summed E-state index contributed by atoms with van der Waals surface area (Å²) in [6.07, 6.45) is 8.98. The van der Waals surface area contributed by atoms with Crippen molar-refractivity contribution < 1.29 is 0 Å². The van der Waals surface area contributed by atoms with E-state index in [0.717, 1.165) is 26.1 Å². The number of hydrogen-bond donors (Lipinski definition) is 1. The van der Waals surface area contributed by atoms with Crippen molar-refractivity contribution in [2.75, 3.05) is 19.6 Å². The van der Waals surface area contributed by atoms with Gasteiger partial charge in [-0.1, -0.05) is 20.3 Å². The SMILES string of the molecule is CCCC1CNC(C)(CC)CN1CCc1cnn(C)c1. The van der Waals surface area contributed by atoms with E-state index in [4.69, 9.17) is 0 Å². The van der Waals surface area contributed by atoms with Crippen LogP contribution in [-0.2, 0) is 13.5 Å². The number of piperazine rings is 1. The Balaban J connectivity index is 1.96. The van der Waals surface area contributed by atoms with Crippen molar-refractivity contribution in [1.82, 2.24) is 20.0 Å². The summed E-state index contributed by atoms with van der Waals surface area (Å²) in [4.78, 5) is 2.69. The molecule has 1 aliphatic rings. The first-order valence-electron chi connectivity index (χ1n) is 8.03. The lowest BCUT2D eigenvalue weighted by Crippen LogP contribution is -2.62. The molecule has 1 fully saturated rings. The third kappa shape index (κ3) is 3.83. The van der Waals surface area contributed by atoms with Gasteiger partial charge in [0.1, 0.15) is 0 Å². The maximum absolute atomic E-state index is 4.27. The summed E-state index contributed by atoms with van der Waals surface area (Å²) < 4.78 is 1.90. The topological polar surface area (TPSA) is 33.1 Å². The van der Waals surface area contributed by atoms with Crippen LogP contribution in [0.3, 0.4) is 0 Å². The van der Waals surface area contributed by atoms with E-state index >= 15 is 0 Å². The highest BCUT2D eigenvalue weighted by Crippen LogP contribution is 2.21. The van der Waals surface area contributed by atoms with Gasteiger partial charge in [-0.15, -0.1) is 0 Å². The zero-order valence-electron chi connectivity index (χ0n) is 13.5. The van der Waals surface area contributed by atoms with Crippen LogP contribution in [-0.4, -0.2) is 45.9 Å². The fraction of sp³-hybridized carbons (Fsp3) is 0.812. The zero-order chi connectivity index (χ0) is 14.6. The standard InChI is InChI=1S/C16H30N4/c1-5-7-15-11-17-16(3,6-2)13-20(15)9-8-14-10-18-19(4)12-14/h10,12,15,17H,5-9,11,13H2,1-4H3. The van der Waals surface area contributed by atoms with Gasteiger partial charge in [0.25, 0.3) is 0 Å². The van der Waals surface area contributed by atoms with E-state index in [1.165, 1.54) is 24.8 Å². The van der Waals surface area contributed by atoms with Gasteiger partial charge in [-0.3, -0.25) is 9.58 Å². The quantitative estimate of drug-likeness (QED) is 0.866. The maximum Gasteiger partial charge on any atom is 0.0522 e. The molecule has 2 heterocycles. The van der Waals surface area contributed by atoms with Gasteiger partial charge in [-0.25, -0.2) is 0 Å². The van der Waals surface area contributed by atoms with Crippen LogP contribution in [0.15, 0.2) is 12.4 Å². The van der Waals surface area contributed by atoms with Crippen LogP contribution in [0.5, 0.6) is 0 Å². The number of nitrogens with zero attached hydrogens (tertiary/aromatic N) is 3. The highest BCUT2D eigenvalue weighted by atomic mass is 15.3. The molecular formula is C16H30N4. The van der Waals surface area contributed by atoms with Gasteiger partial charge < -0.3 is 5.32 Å². The lowest BCUT2D eigenvalue weighted by Gasteiger charge is -2.46. The number of nitrogens with one attached hydrogen (secondary N) is 1. The van der Waals surface area contributed by atoms with Crippen molar-refractivity contribution in [1.29, 1.82) is 0 Å². The van der Waals surface area contributed by atoms with Crippen LogP contribution in [0.4, 0.5) is 0 Å². The third-order valence-corrected chi connectivity index (χ3v) is 4.68. The monoisotopic (exact) mass is 278 g/mol. The summed E-state index contributed by atoms with van der Waals surface area (Å²) in [5.74, 6) is 0. The molecule has 0 amide bonds. The zero-order valence-corrected chi connectivity index (χ0v) is 13.5. The van der Waals surface area contributed by atoms with Crippen LogP contribution >= 0.6 is 0 Å². The Kier molecular flexibility index (Phi) is 5.22. The molecule has 0 radical (unpaired) electrons. The van der Waals surface area contributed by atoms with Gasteiger partial charge in [-0.05, 0) is 31.7 Å². The fourth-order valence-corrected chi connectivity index (χ4v) is 3.12. The first-order chi connectivity index (χ1) is 9.56. The maximum atomic E-state index is 4.27. The van der Waals surface area contributed by atoms with Gasteiger partial charge in [0, 0.05) is 44.5 Å². The second-order valence-corrected chi connectivity index (χ2v) is 6.48. The van der Waals surface area contributed by atoms with Crippen molar-refractivity contribution in [3.8, 4) is 0 Å². The van der Waals surface area contributed by atoms with Crippen LogP contribution in [0.1, 0.15) is 45.6 Å². The Morgan fingerprint density at radius 3 is 2.85 bits per heavy atom. The molecule has 1 N–H and O–H groups in total. The summed E-state index contributed by atoms with van der Waals surface area (Å²) in [5.41, 5.74) is 1.62. The van der Waals surface area contributed by atoms with Crippen molar-refractivity contribution in [3.05, 3.63) is 18.0 Å². The summed E-state index contributed by atoms with van der Waals surface area (Å²) >= 11 is 0. The molecular weight excluding hydrogens is 248 g/mol. The molecule has 0 saturated carbocycles. The van der Waals surface area contributed by atoms with Crippen LogP contribution in [0.25, 0.3) is 0 Å². The predicted octanol–water partition coefficient (Wildman–Crippen LogP) is 2.21. The molecule has 0 aromatic carbocycles. The molecule has 2 rings (SSSR count). The first-order valence-corrected chi connectivity index (χ1v) is 8.03. The Morgan fingerprint density at radius 1 is 1.45 bits per heavy atom. The molecule has 0 aliphatic carbocycles. The van der Waals surface area contributed by atoms with Gasteiger partial charge >= 0.3 is 0 Å². The van der Waals surface area contributed by atoms with E-state index in [0.29, 0.717) is 6.04 Å². The second kappa shape index (κ2) is 6.72. The molecule has 2 unspecified atom stereocenters. The summed E-state index contributed by atoms with van der Waals surface area (Å²) in [7, 11) is 1.99. The minimum Gasteiger partial charge on any atom is -0.309 e. The van der Waals surface area contributed by atoms with Gasteiger partial charge in [-0.2, -0.15) is 5.10 Å². The number of aromatic nitrogens is 2. The number of aryl methyl sites for hydroxylation is 1. The highest BCUT2D eigenvalue weighted by Gasteiger charge is 2.33. The molecule has 0 bridgehead atoms. The largest absolute Gasteiger partial charge is 0.309 e. The van der Waals surface area contributed by atoms with E-state index in [2.05, 4.69) is 42.3 Å². The molecule has 4 nitrogen and oxygen atoms in total. The molecule has 2 atom stereocenters. The lowest BCUT2D eigenvalue weighted by molar-refractivity contribution is 0.0802. The summed E-state index contributed by atoms with van der Waals surface area (Å²) in [6.45, 7) is 10.4. The van der Waals surface area contributed by atoms with Crippen molar-refractivity contribution in [2.24, 2.45) is 7.05 Å². The predicted molar refractivity (Wildman–Crippen MR) is 83.9 cm³/mol. The second-order valence-electron chi connectivity index (χ2n) is 6.48. The van der Waals surface area contributed by atoms with Gasteiger partial charge in [0.15, 0.2) is 0 Å². The molecule has 1 aromatic heterocycles. The lowest BCUT2D eigenvalue weighted by atomic mass is 9.92. The molecule has 114 valence electrons. The first kappa shape index (κ1) is 15.5. The minimum atomic E-state index is 0.277. The molecule has 1 aromatic rings. The van der Waals surface area contributed by atoms with Gasteiger partial charge in [0.05, 0.1) is 6.20 Å². The Bertz CT molecular complexity index is 414. The van der Waals surface area contributed by atoms with E-state index in [-0.39, 0.29) is 5.54 Å². The average molecular weight is 278 g/mol. The van der Waals surface area contributed by atoms with E-state index in [1.54, 1.807) is 0 Å². The Labute approximate surface area is 123 Å². The van der Waals surface area contributed by atoms with Crippen LogP contribution < -0.4 is 5.32 Å². The number of hydrogen-bond acceptors (Lipinski definition) is 3. The third-order valence-electron chi connectivity index (χ3n) is 4.68. The fourth-order valence-electron chi connectivity index (χ4n) is 3.12. The smallest absolute Gasteiger partial charge is 0.0522 e. The van der Waals surface area contributed by atoms with Crippen molar-refractivity contribution >= 4 is 0 Å². The molecule has 1 saturated heterocycles. The van der Waals surface area contributed by atoms with E-state index < -0.39 is 0 Å². The molecule has 20 heavy (non-hydrogen) atoms. The van der Waals surface area contributed by atoms with Gasteiger partial charge in [0.2, 0.25) is 0 Å². The van der Waals surface area contributed by atoms with Crippen LogP contribution in [0, 0.1) is 0 Å².